The summed E-state index contributed by atoms with van der Waals surface area (Å²) < 4.78 is 5.98. The van der Waals surface area contributed by atoms with Crippen LogP contribution in [0.1, 0.15) is 18.9 Å². The molecule has 0 saturated heterocycles. The highest BCUT2D eigenvalue weighted by atomic mass is 16.5. The van der Waals surface area contributed by atoms with Crippen LogP contribution >= 0.6 is 0 Å². The Hall–Kier alpha value is -2.56. The van der Waals surface area contributed by atoms with Crippen LogP contribution in [-0.4, -0.2) is 16.9 Å². The average molecular weight is 282 g/mol. The first-order valence-electron chi connectivity index (χ1n) is 7.02. The Balaban J connectivity index is 1.83. The fraction of sp³-hybridized carbons (Fsp3) is 0.250. The van der Waals surface area contributed by atoms with E-state index >= 15 is 0 Å². The van der Waals surface area contributed by atoms with E-state index < -0.39 is 0 Å². The lowest BCUT2D eigenvalue weighted by molar-refractivity contribution is 0.258. The van der Waals surface area contributed by atoms with Crippen LogP contribution in [-0.2, 0) is 6.54 Å². The molecule has 0 fully saturated rings. The smallest absolute Gasteiger partial charge is 0.155 e. The normalized spacial score (nSPS) is 18.7. The molecule has 2 heterocycles. The maximum absolute atomic E-state index is 5.98. The van der Waals surface area contributed by atoms with Crippen molar-refractivity contribution in [3.05, 3.63) is 48.3 Å². The number of nitrogen functional groups attached to an aromatic ring is 1. The molecule has 0 radical (unpaired) electrons. The lowest BCUT2D eigenvalue weighted by Gasteiger charge is -2.28. The standard InChI is InChI=1S/C16H18N4O/c1-2-14-16(19-10-11-5-7-18-8-6-11)20-13-4-3-12(17)9-15(13)21-14/h3-9,14H,2,10,17H2,1H3,(H,19,20). The van der Waals surface area contributed by atoms with Crippen molar-refractivity contribution in [3.8, 4) is 5.75 Å². The van der Waals surface area contributed by atoms with Crippen molar-refractivity contribution in [1.82, 2.24) is 4.98 Å². The van der Waals surface area contributed by atoms with Gasteiger partial charge in [0.2, 0.25) is 0 Å². The molecule has 1 aromatic heterocycles. The van der Waals surface area contributed by atoms with Crippen molar-refractivity contribution in [1.29, 1.82) is 0 Å². The number of hydrogen-bond donors (Lipinski definition) is 2. The second kappa shape index (κ2) is 5.83. The molecule has 1 aromatic carbocycles. The van der Waals surface area contributed by atoms with E-state index in [1.807, 2.05) is 30.3 Å². The first-order valence-corrected chi connectivity index (χ1v) is 7.02. The van der Waals surface area contributed by atoms with E-state index in [1.165, 1.54) is 0 Å². The summed E-state index contributed by atoms with van der Waals surface area (Å²) in [5, 5.41) is 3.35. The van der Waals surface area contributed by atoms with E-state index in [-0.39, 0.29) is 6.10 Å². The summed E-state index contributed by atoms with van der Waals surface area (Å²) in [7, 11) is 0. The zero-order valence-corrected chi connectivity index (χ0v) is 11.9. The average Bonchev–Trinajstić information content (AvgIpc) is 2.53. The Morgan fingerprint density at radius 2 is 2.10 bits per heavy atom. The molecular weight excluding hydrogens is 264 g/mol. The fourth-order valence-corrected chi connectivity index (χ4v) is 2.25. The monoisotopic (exact) mass is 282 g/mol. The van der Waals surface area contributed by atoms with Crippen molar-refractivity contribution < 1.29 is 4.74 Å². The van der Waals surface area contributed by atoms with Gasteiger partial charge in [-0.15, -0.1) is 0 Å². The first kappa shape index (κ1) is 13.4. The van der Waals surface area contributed by atoms with Gasteiger partial charge >= 0.3 is 0 Å². The Kier molecular flexibility index (Phi) is 3.73. The van der Waals surface area contributed by atoms with Crippen LogP contribution in [0, 0.1) is 0 Å². The van der Waals surface area contributed by atoms with Crippen LogP contribution in [0.3, 0.4) is 0 Å². The van der Waals surface area contributed by atoms with Gasteiger partial charge in [0.15, 0.2) is 6.10 Å². The van der Waals surface area contributed by atoms with Gasteiger partial charge in [0.1, 0.15) is 11.6 Å². The number of nitrogens with two attached hydrogens (primary N) is 1. The molecule has 21 heavy (non-hydrogen) atoms. The van der Waals surface area contributed by atoms with E-state index in [4.69, 9.17) is 10.5 Å². The van der Waals surface area contributed by atoms with Gasteiger partial charge in [-0.2, -0.15) is 0 Å². The topological polar surface area (TPSA) is 72.5 Å². The molecule has 0 aliphatic carbocycles. The summed E-state index contributed by atoms with van der Waals surface area (Å²) >= 11 is 0. The predicted octanol–water partition coefficient (Wildman–Crippen LogP) is 2.85. The summed E-state index contributed by atoms with van der Waals surface area (Å²) in [4.78, 5) is 8.66. The van der Waals surface area contributed by atoms with Gasteiger partial charge in [-0.25, -0.2) is 0 Å². The number of ether oxygens (including phenoxy) is 1. The lowest BCUT2D eigenvalue weighted by Crippen LogP contribution is -2.36. The number of aromatic nitrogens is 1. The van der Waals surface area contributed by atoms with E-state index in [0.29, 0.717) is 12.2 Å². The van der Waals surface area contributed by atoms with Crippen LogP contribution in [0.15, 0.2) is 47.7 Å². The molecule has 0 spiro atoms. The summed E-state index contributed by atoms with van der Waals surface area (Å²) in [5.74, 6) is 1.64. The van der Waals surface area contributed by atoms with Gasteiger partial charge in [-0.3, -0.25) is 9.98 Å². The minimum atomic E-state index is -0.0684. The molecule has 0 amide bonds. The number of anilines is 2. The van der Waals surface area contributed by atoms with Crippen molar-refractivity contribution in [3.63, 3.8) is 0 Å². The predicted molar refractivity (Wildman–Crippen MR) is 84.6 cm³/mol. The largest absolute Gasteiger partial charge is 0.480 e. The van der Waals surface area contributed by atoms with Crippen molar-refractivity contribution in [2.24, 2.45) is 4.99 Å². The lowest BCUT2D eigenvalue weighted by atomic mass is 10.1. The van der Waals surface area contributed by atoms with Crippen LogP contribution in [0.25, 0.3) is 0 Å². The molecule has 3 N–H and O–H groups in total. The van der Waals surface area contributed by atoms with Crippen molar-refractivity contribution >= 4 is 17.2 Å². The number of benzene rings is 1. The Morgan fingerprint density at radius 3 is 2.86 bits per heavy atom. The molecule has 1 atom stereocenters. The van der Waals surface area contributed by atoms with Gasteiger partial charge in [0.25, 0.3) is 0 Å². The van der Waals surface area contributed by atoms with Crippen LogP contribution in [0.2, 0.25) is 0 Å². The van der Waals surface area contributed by atoms with Gasteiger partial charge in [-0.1, -0.05) is 6.92 Å². The molecule has 0 saturated carbocycles. The molecule has 1 aliphatic heterocycles. The molecular formula is C16H18N4O. The molecule has 1 aliphatic rings. The van der Waals surface area contributed by atoms with Gasteiger partial charge in [0, 0.05) is 24.1 Å². The number of fused-ring (bicyclic) bond motifs is 1. The van der Waals surface area contributed by atoms with Crippen LogP contribution in [0.5, 0.6) is 5.75 Å². The molecule has 0 bridgehead atoms. The molecule has 2 aromatic rings. The summed E-state index contributed by atoms with van der Waals surface area (Å²) in [6, 6.07) is 9.53. The number of hydrogen-bond acceptors (Lipinski definition) is 4. The van der Waals surface area contributed by atoms with Crippen molar-refractivity contribution in [2.75, 3.05) is 11.1 Å². The highest BCUT2D eigenvalue weighted by Gasteiger charge is 2.24. The number of amidine groups is 1. The number of rotatable bonds is 3. The summed E-state index contributed by atoms with van der Waals surface area (Å²) in [6.45, 7) is 2.68. The minimum Gasteiger partial charge on any atom is -0.480 e. The highest BCUT2D eigenvalue weighted by molar-refractivity contribution is 6.02. The van der Waals surface area contributed by atoms with E-state index in [9.17, 15) is 0 Å². The molecule has 1 unspecified atom stereocenters. The quantitative estimate of drug-likeness (QED) is 0.849. The van der Waals surface area contributed by atoms with E-state index in [1.54, 1.807) is 12.4 Å². The zero-order chi connectivity index (χ0) is 14.7. The highest BCUT2D eigenvalue weighted by Crippen LogP contribution is 2.32. The molecule has 5 nitrogen and oxygen atoms in total. The first-order chi connectivity index (χ1) is 10.3. The second-order valence-corrected chi connectivity index (χ2v) is 4.95. The summed E-state index contributed by atoms with van der Waals surface area (Å²) in [6.07, 6.45) is 4.32. The number of nitrogens with zero attached hydrogens (tertiary/aromatic N) is 2. The number of aliphatic imine (C=N–C) groups is 1. The third-order valence-corrected chi connectivity index (χ3v) is 3.39. The maximum atomic E-state index is 5.98. The number of nitrogens with one attached hydrogen (secondary N) is 1. The zero-order valence-electron chi connectivity index (χ0n) is 11.9. The Labute approximate surface area is 123 Å². The summed E-state index contributed by atoms with van der Waals surface area (Å²) in [5.41, 5.74) is 8.52. The molecule has 3 rings (SSSR count). The third-order valence-electron chi connectivity index (χ3n) is 3.39. The van der Waals surface area contributed by atoms with Gasteiger partial charge in [0.05, 0.1) is 12.2 Å². The van der Waals surface area contributed by atoms with Crippen LogP contribution in [0.4, 0.5) is 11.4 Å². The SMILES string of the molecule is CCC1Oc2cc(N)ccc2NC1=NCc1ccncc1. The maximum Gasteiger partial charge on any atom is 0.155 e. The second-order valence-electron chi connectivity index (χ2n) is 4.95. The van der Waals surface area contributed by atoms with E-state index in [2.05, 4.69) is 22.2 Å². The van der Waals surface area contributed by atoms with E-state index in [0.717, 1.165) is 29.3 Å². The molecule has 5 heteroatoms. The Morgan fingerprint density at radius 1 is 1.29 bits per heavy atom. The van der Waals surface area contributed by atoms with Crippen molar-refractivity contribution in [2.45, 2.75) is 26.0 Å². The van der Waals surface area contributed by atoms with Crippen LogP contribution < -0.4 is 15.8 Å². The molecule has 108 valence electrons. The minimum absolute atomic E-state index is 0.0684. The van der Waals surface area contributed by atoms with Gasteiger partial charge < -0.3 is 15.8 Å². The van der Waals surface area contributed by atoms with Gasteiger partial charge in [-0.05, 0) is 36.2 Å². The third kappa shape index (κ3) is 2.97. The Bertz CT molecular complexity index is 655. The number of pyridine rings is 1. The fourth-order valence-electron chi connectivity index (χ4n) is 2.25.